The van der Waals surface area contributed by atoms with E-state index in [2.05, 4.69) is 11.8 Å². The van der Waals surface area contributed by atoms with E-state index in [0.717, 1.165) is 12.5 Å². The third-order valence-electron chi connectivity index (χ3n) is 4.74. The van der Waals surface area contributed by atoms with E-state index in [9.17, 15) is 15.3 Å². The molecule has 4 nitrogen and oxygen atoms in total. The zero-order valence-corrected chi connectivity index (χ0v) is 11.3. The summed E-state index contributed by atoms with van der Waals surface area (Å²) in [6.07, 6.45) is 3.89. The van der Waals surface area contributed by atoms with Gasteiger partial charge in [0.2, 0.25) is 0 Å². The molecule has 4 heteroatoms. The zero-order valence-electron chi connectivity index (χ0n) is 11.3. The topological polar surface area (TPSA) is 63.9 Å². The molecule has 1 heterocycles. The van der Waals surface area contributed by atoms with Crippen LogP contribution < -0.4 is 0 Å². The average molecular weight is 257 g/mol. The minimum absolute atomic E-state index is 0.492. The van der Waals surface area contributed by atoms with Crippen molar-refractivity contribution in [2.45, 2.75) is 57.3 Å². The quantitative estimate of drug-likeness (QED) is 0.693. The number of aliphatic hydroxyl groups excluding tert-OH is 3. The van der Waals surface area contributed by atoms with Crippen molar-refractivity contribution in [3.05, 3.63) is 0 Å². The summed E-state index contributed by atoms with van der Waals surface area (Å²) in [6, 6.07) is 0. The van der Waals surface area contributed by atoms with Crippen LogP contribution in [0.5, 0.6) is 0 Å². The molecule has 3 N–H and O–H groups in total. The molecule has 0 radical (unpaired) electrons. The summed E-state index contributed by atoms with van der Waals surface area (Å²) in [7, 11) is 0. The fraction of sp³-hybridized carbons (Fsp3) is 1.00. The van der Waals surface area contributed by atoms with Gasteiger partial charge >= 0.3 is 0 Å². The first-order chi connectivity index (χ1) is 8.60. The molecule has 18 heavy (non-hydrogen) atoms. The summed E-state index contributed by atoms with van der Waals surface area (Å²) in [5.41, 5.74) is 0. The standard InChI is InChI=1S/C14H27NO3/c1-2-10-3-5-11(6-4-10)7-15-8-12(16)14(18)13(17)9-15/h10-14,16-18H,2-9H2,1H3/t10?,11?,12-,13+,14+. The molecule has 0 spiro atoms. The number of piperidine rings is 1. The molecule has 1 saturated heterocycles. The number of likely N-dealkylation sites (tertiary alicyclic amines) is 1. The molecule has 1 aliphatic heterocycles. The van der Waals surface area contributed by atoms with Crippen molar-refractivity contribution >= 4 is 0 Å². The Morgan fingerprint density at radius 3 is 1.89 bits per heavy atom. The van der Waals surface area contributed by atoms with E-state index < -0.39 is 18.3 Å². The van der Waals surface area contributed by atoms with Gasteiger partial charge in [-0.2, -0.15) is 0 Å². The summed E-state index contributed by atoms with van der Waals surface area (Å²) in [5, 5.41) is 28.9. The van der Waals surface area contributed by atoms with Crippen LogP contribution in [0.3, 0.4) is 0 Å². The molecule has 2 rings (SSSR count). The molecule has 1 aliphatic carbocycles. The Labute approximate surface area is 110 Å². The van der Waals surface area contributed by atoms with Gasteiger partial charge in [-0.1, -0.05) is 26.2 Å². The normalized spacial score (nSPS) is 43.0. The number of nitrogens with zero attached hydrogens (tertiary/aromatic N) is 1. The zero-order chi connectivity index (χ0) is 13.1. The molecule has 0 amide bonds. The minimum Gasteiger partial charge on any atom is -0.389 e. The van der Waals surface area contributed by atoms with Gasteiger partial charge in [0.05, 0.1) is 12.2 Å². The van der Waals surface area contributed by atoms with Crippen LogP contribution in [-0.2, 0) is 0 Å². The van der Waals surface area contributed by atoms with E-state index in [-0.39, 0.29) is 0 Å². The van der Waals surface area contributed by atoms with Crippen molar-refractivity contribution in [3.63, 3.8) is 0 Å². The molecule has 1 saturated carbocycles. The Hall–Kier alpha value is -0.160. The van der Waals surface area contributed by atoms with Crippen LogP contribution in [0.1, 0.15) is 39.0 Å². The second-order valence-corrected chi connectivity index (χ2v) is 6.14. The second-order valence-electron chi connectivity index (χ2n) is 6.14. The molecular weight excluding hydrogens is 230 g/mol. The Kier molecular flexibility index (Phi) is 5.01. The van der Waals surface area contributed by atoms with Gasteiger partial charge in [0.1, 0.15) is 6.10 Å². The molecule has 106 valence electrons. The first-order valence-corrected chi connectivity index (χ1v) is 7.36. The monoisotopic (exact) mass is 257 g/mol. The first-order valence-electron chi connectivity index (χ1n) is 7.36. The predicted octanol–water partition coefficient (Wildman–Crippen LogP) is 0.601. The number of β-amino-alcohol motifs (C(OH)–C–C–N with tert-alkyl or cyclic N) is 2. The van der Waals surface area contributed by atoms with Crippen molar-refractivity contribution in [2.75, 3.05) is 19.6 Å². The number of aliphatic hydroxyl groups is 3. The van der Waals surface area contributed by atoms with Crippen LogP contribution in [0.25, 0.3) is 0 Å². The highest BCUT2D eigenvalue weighted by molar-refractivity contribution is 4.87. The molecule has 0 bridgehead atoms. The van der Waals surface area contributed by atoms with E-state index >= 15 is 0 Å². The number of rotatable bonds is 3. The van der Waals surface area contributed by atoms with Crippen LogP contribution in [-0.4, -0.2) is 58.2 Å². The maximum absolute atomic E-state index is 9.68. The summed E-state index contributed by atoms with van der Waals surface area (Å²) < 4.78 is 0. The highest BCUT2D eigenvalue weighted by Crippen LogP contribution is 2.31. The van der Waals surface area contributed by atoms with Crippen molar-refractivity contribution < 1.29 is 15.3 Å². The van der Waals surface area contributed by atoms with Gasteiger partial charge in [0.15, 0.2) is 0 Å². The number of hydrogen-bond acceptors (Lipinski definition) is 4. The lowest BCUT2D eigenvalue weighted by molar-refractivity contribution is -0.112. The van der Waals surface area contributed by atoms with Gasteiger partial charge < -0.3 is 15.3 Å². The second kappa shape index (κ2) is 6.33. The van der Waals surface area contributed by atoms with E-state index in [0.29, 0.717) is 19.0 Å². The minimum atomic E-state index is -0.975. The maximum atomic E-state index is 9.68. The molecule has 2 fully saturated rings. The molecule has 0 unspecified atom stereocenters. The maximum Gasteiger partial charge on any atom is 0.108 e. The predicted molar refractivity (Wildman–Crippen MR) is 70.2 cm³/mol. The van der Waals surface area contributed by atoms with Crippen molar-refractivity contribution in [2.24, 2.45) is 11.8 Å². The summed E-state index contributed by atoms with van der Waals surface area (Å²) >= 11 is 0. The van der Waals surface area contributed by atoms with Crippen LogP contribution in [0.15, 0.2) is 0 Å². The van der Waals surface area contributed by atoms with Gasteiger partial charge in [-0.15, -0.1) is 0 Å². The van der Waals surface area contributed by atoms with Crippen molar-refractivity contribution in [3.8, 4) is 0 Å². The summed E-state index contributed by atoms with van der Waals surface area (Å²) in [6.45, 7) is 4.21. The van der Waals surface area contributed by atoms with Crippen LogP contribution in [0, 0.1) is 11.8 Å². The molecular formula is C14H27NO3. The lowest BCUT2D eigenvalue weighted by Gasteiger charge is -2.39. The molecule has 0 aromatic heterocycles. The van der Waals surface area contributed by atoms with E-state index in [1.807, 2.05) is 0 Å². The largest absolute Gasteiger partial charge is 0.389 e. The third kappa shape index (κ3) is 3.44. The highest BCUT2D eigenvalue weighted by Gasteiger charge is 2.34. The SMILES string of the molecule is CCC1CCC(CN2C[C@@H](O)[C@H](O)[C@@H](O)C2)CC1. The third-order valence-corrected chi connectivity index (χ3v) is 4.74. The van der Waals surface area contributed by atoms with Crippen LogP contribution in [0.2, 0.25) is 0 Å². The van der Waals surface area contributed by atoms with Gasteiger partial charge in [0, 0.05) is 19.6 Å². The lowest BCUT2D eigenvalue weighted by atomic mass is 9.80. The Morgan fingerprint density at radius 1 is 0.889 bits per heavy atom. The van der Waals surface area contributed by atoms with Crippen molar-refractivity contribution in [1.82, 2.24) is 4.90 Å². The fourth-order valence-electron chi connectivity index (χ4n) is 3.41. The Bertz CT molecular complexity index is 241. The van der Waals surface area contributed by atoms with Crippen LogP contribution >= 0.6 is 0 Å². The number of hydrogen-bond donors (Lipinski definition) is 3. The molecule has 3 atom stereocenters. The first kappa shape index (κ1) is 14.3. The molecule has 2 aliphatic rings. The molecule has 0 aromatic rings. The smallest absolute Gasteiger partial charge is 0.108 e. The van der Waals surface area contributed by atoms with E-state index in [4.69, 9.17) is 0 Å². The molecule has 0 aromatic carbocycles. The highest BCUT2D eigenvalue weighted by atomic mass is 16.4. The van der Waals surface area contributed by atoms with E-state index in [1.165, 1.54) is 32.1 Å². The van der Waals surface area contributed by atoms with Gasteiger partial charge in [-0.25, -0.2) is 0 Å². The fourth-order valence-corrected chi connectivity index (χ4v) is 3.41. The van der Waals surface area contributed by atoms with Gasteiger partial charge in [-0.05, 0) is 24.7 Å². The Morgan fingerprint density at radius 2 is 1.39 bits per heavy atom. The van der Waals surface area contributed by atoms with Gasteiger partial charge in [0.25, 0.3) is 0 Å². The van der Waals surface area contributed by atoms with Crippen LogP contribution in [0.4, 0.5) is 0 Å². The summed E-state index contributed by atoms with van der Waals surface area (Å²) in [5.74, 6) is 1.60. The van der Waals surface area contributed by atoms with Gasteiger partial charge in [-0.3, -0.25) is 4.90 Å². The average Bonchev–Trinajstić information content (AvgIpc) is 2.37. The summed E-state index contributed by atoms with van der Waals surface area (Å²) in [4.78, 5) is 2.11. The van der Waals surface area contributed by atoms with E-state index in [1.54, 1.807) is 0 Å². The lowest BCUT2D eigenvalue weighted by Crippen LogP contribution is -2.56. The van der Waals surface area contributed by atoms with Crippen molar-refractivity contribution in [1.29, 1.82) is 0 Å². The Balaban J connectivity index is 1.77.